The molecular weight excluding hydrogens is 340 g/mol. The SMILES string of the molecule is Cc1cccc(N2CCN(C(=O)C(Cc3ccccc3)NC(N)=O)CC2)c1. The van der Waals surface area contributed by atoms with Gasteiger partial charge in [0.2, 0.25) is 5.91 Å². The summed E-state index contributed by atoms with van der Waals surface area (Å²) in [6.07, 6.45) is 0.431. The molecule has 2 aromatic carbocycles. The van der Waals surface area contributed by atoms with Crippen LogP contribution in [0.25, 0.3) is 0 Å². The van der Waals surface area contributed by atoms with E-state index in [1.54, 1.807) is 0 Å². The molecule has 1 fully saturated rings. The average Bonchev–Trinajstić information content (AvgIpc) is 2.67. The molecule has 0 radical (unpaired) electrons. The van der Waals surface area contributed by atoms with Gasteiger partial charge in [0.15, 0.2) is 0 Å². The van der Waals surface area contributed by atoms with Crippen LogP contribution in [-0.2, 0) is 11.2 Å². The van der Waals surface area contributed by atoms with Gasteiger partial charge < -0.3 is 20.9 Å². The number of primary amides is 1. The standard InChI is InChI=1S/C21H26N4O2/c1-16-6-5-9-18(14-16)24-10-12-25(13-11-24)20(26)19(23-21(22)27)15-17-7-3-2-4-8-17/h2-9,14,19H,10-13,15H2,1H3,(H3,22,23,27). The predicted octanol–water partition coefficient (Wildman–Crippen LogP) is 1.92. The summed E-state index contributed by atoms with van der Waals surface area (Å²) < 4.78 is 0. The molecule has 142 valence electrons. The van der Waals surface area contributed by atoms with E-state index in [2.05, 4.69) is 41.4 Å². The number of amides is 3. The van der Waals surface area contributed by atoms with Gasteiger partial charge in [-0.15, -0.1) is 0 Å². The molecule has 1 heterocycles. The Morgan fingerprint density at radius 1 is 1.04 bits per heavy atom. The third-order valence-corrected chi connectivity index (χ3v) is 4.86. The summed E-state index contributed by atoms with van der Waals surface area (Å²) >= 11 is 0. The molecule has 6 heteroatoms. The highest BCUT2D eigenvalue weighted by atomic mass is 16.2. The number of hydrogen-bond donors (Lipinski definition) is 2. The Labute approximate surface area is 159 Å². The van der Waals surface area contributed by atoms with Crippen molar-refractivity contribution in [1.82, 2.24) is 10.2 Å². The van der Waals surface area contributed by atoms with Gasteiger partial charge in [-0.05, 0) is 30.2 Å². The van der Waals surface area contributed by atoms with Gasteiger partial charge in [-0.25, -0.2) is 4.79 Å². The fourth-order valence-electron chi connectivity index (χ4n) is 3.45. The number of aryl methyl sites for hydroxylation is 1. The molecule has 3 N–H and O–H groups in total. The fourth-order valence-corrected chi connectivity index (χ4v) is 3.45. The molecule has 0 aliphatic carbocycles. The Hall–Kier alpha value is -3.02. The third-order valence-electron chi connectivity index (χ3n) is 4.86. The number of carbonyl (C=O) groups excluding carboxylic acids is 2. The minimum absolute atomic E-state index is 0.0819. The number of nitrogens with zero attached hydrogens (tertiary/aromatic N) is 2. The van der Waals surface area contributed by atoms with Gasteiger partial charge in [-0.1, -0.05) is 42.5 Å². The van der Waals surface area contributed by atoms with Crippen molar-refractivity contribution in [2.45, 2.75) is 19.4 Å². The molecule has 0 bridgehead atoms. The molecule has 6 nitrogen and oxygen atoms in total. The number of carbonyl (C=O) groups is 2. The third kappa shape index (κ3) is 5.00. The lowest BCUT2D eigenvalue weighted by atomic mass is 10.0. The summed E-state index contributed by atoms with van der Waals surface area (Å²) in [5.74, 6) is -0.0819. The van der Waals surface area contributed by atoms with Crippen LogP contribution < -0.4 is 16.0 Å². The van der Waals surface area contributed by atoms with Gasteiger partial charge in [0.05, 0.1) is 0 Å². The number of urea groups is 1. The second kappa shape index (κ2) is 8.58. The van der Waals surface area contributed by atoms with Gasteiger partial charge >= 0.3 is 6.03 Å². The molecule has 2 aromatic rings. The quantitative estimate of drug-likeness (QED) is 0.849. The van der Waals surface area contributed by atoms with E-state index in [-0.39, 0.29) is 5.91 Å². The van der Waals surface area contributed by atoms with E-state index in [0.717, 1.165) is 18.7 Å². The Morgan fingerprint density at radius 3 is 2.37 bits per heavy atom. The number of nitrogens with two attached hydrogens (primary N) is 1. The molecule has 3 amide bonds. The van der Waals surface area contributed by atoms with Crippen LogP contribution in [0.3, 0.4) is 0 Å². The van der Waals surface area contributed by atoms with Crippen molar-refractivity contribution in [3.8, 4) is 0 Å². The Kier molecular flexibility index (Phi) is 5.96. The molecule has 0 saturated carbocycles. The van der Waals surface area contributed by atoms with Crippen LogP contribution in [0, 0.1) is 6.92 Å². The van der Waals surface area contributed by atoms with Crippen LogP contribution in [-0.4, -0.2) is 49.1 Å². The van der Waals surface area contributed by atoms with Gasteiger partial charge in [0.1, 0.15) is 6.04 Å². The van der Waals surface area contributed by atoms with Crippen molar-refractivity contribution in [2.24, 2.45) is 5.73 Å². The van der Waals surface area contributed by atoms with Crippen LogP contribution in [0.5, 0.6) is 0 Å². The maximum absolute atomic E-state index is 13.0. The number of anilines is 1. The summed E-state index contributed by atoms with van der Waals surface area (Å²) in [5.41, 5.74) is 8.69. The number of hydrogen-bond acceptors (Lipinski definition) is 3. The molecule has 1 atom stereocenters. The van der Waals surface area contributed by atoms with Crippen LogP contribution in [0.2, 0.25) is 0 Å². The Morgan fingerprint density at radius 2 is 1.74 bits per heavy atom. The fraction of sp³-hybridized carbons (Fsp3) is 0.333. The second-order valence-corrected chi connectivity index (χ2v) is 6.90. The van der Waals surface area contributed by atoms with Crippen LogP contribution in [0.15, 0.2) is 54.6 Å². The lowest BCUT2D eigenvalue weighted by molar-refractivity contribution is -0.133. The van der Waals surface area contributed by atoms with Crippen molar-refractivity contribution >= 4 is 17.6 Å². The summed E-state index contributed by atoms with van der Waals surface area (Å²) in [7, 11) is 0. The average molecular weight is 366 g/mol. The first-order valence-corrected chi connectivity index (χ1v) is 9.23. The summed E-state index contributed by atoms with van der Waals surface area (Å²) in [4.78, 5) is 28.5. The van der Waals surface area contributed by atoms with Crippen molar-refractivity contribution in [3.05, 3.63) is 65.7 Å². The number of benzene rings is 2. The zero-order valence-electron chi connectivity index (χ0n) is 15.6. The van der Waals surface area contributed by atoms with Crippen molar-refractivity contribution in [3.63, 3.8) is 0 Å². The van der Waals surface area contributed by atoms with Crippen LogP contribution in [0.4, 0.5) is 10.5 Å². The maximum Gasteiger partial charge on any atom is 0.312 e. The van der Waals surface area contributed by atoms with E-state index in [1.807, 2.05) is 35.2 Å². The van der Waals surface area contributed by atoms with Gasteiger partial charge in [-0.2, -0.15) is 0 Å². The second-order valence-electron chi connectivity index (χ2n) is 6.90. The summed E-state index contributed by atoms with van der Waals surface area (Å²) in [5, 5.41) is 2.61. The molecule has 1 aliphatic heterocycles. The van der Waals surface area contributed by atoms with Crippen molar-refractivity contribution < 1.29 is 9.59 Å². The van der Waals surface area contributed by atoms with Crippen molar-refractivity contribution in [2.75, 3.05) is 31.1 Å². The molecular formula is C21H26N4O2. The molecule has 3 rings (SSSR count). The van der Waals surface area contributed by atoms with Gasteiger partial charge in [-0.3, -0.25) is 4.79 Å². The predicted molar refractivity (Wildman–Crippen MR) is 107 cm³/mol. The Bertz CT molecular complexity index is 786. The lowest BCUT2D eigenvalue weighted by Crippen LogP contribution is -2.56. The minimum Gasteiger partial charge on any atom is -0.368 e. The van der Waals surface area contributed by atoms with Gasteiger partial charge in [0, 0.05) is 38.3 Å². The maximum atomic E-state index is 13.0. The molecule has 1 saturated heterocycles. The van der Waals surface area contributed by atoms with E-state index in [0.29, 0.717) is 19.5 Å². The van der Waals surface area contributed by atoms with E-state index in [9.17, 15) is 9.59 Å². The molecule has 0 aromatic heterocycles. The zero-order chi connectivity index (χ0) is 19.2. The number of nitrogens with one attached hydrogen (secondary N) is 1. The van der Waals surface area contributed by atoms with Gasteiger partial charge in [0.25, 0.3) is 0 Å². The van der Waals surface area contributed by atoms with E-state index >= 15 is 0 Å². The van der Waals surface area contributed by atoms with E-state index in [4.69, 9.17) is 5.73 Å². The molecule has 0 spiro atoms. The van der Waals surface area contributed by atoms with Crippen LogP contribution >= 0.6 is 0 Å². The van der Waals surface area contributed by atoms with E-state index < -0.39 is 12.1 Å². The first kappa shape index (κ1) is 18.8. The highest BCUT2D eigenvalue weighted by Gasteiger charge is 2.28. The monoisotopic (exact) mass is 366 g/mol. The first-order chi connectivity index (χ1) is 13.0. The van der Waals surface area contributed by atoms with E-state index in [1.165, 1.54) is 11.3 Å². The highest BCUT2D eigenvalue weighted by molar-refractivity contribution is 5.87. The smallest absolute Gasteiger partial charge is 0.312 e. The minimum atomic E-state index is -0.678. The molecule has 1 unspecified atom stereocenters. The molecule has 27 heavy (non-hydrogen) atoms. The van der Waals surface area contributed by atoms with Crippen LogP contribution in [0.1, 0.15) is 11.1 Å². The normalized spacial score (nSPS) is 15.3. The lowest BCUT2D eigenvalue weighted by Gasteiger charge is -2.37. The highest BCUT2D eigenvalue weighted by Crippen LogP contribution is 2.18. The van der Waals surface area contributed by atoms with Crippen molar-refractivity contribution in [1.29, 1.82) is 0 Å². The largest absolute Gasteiger partial charge is 0.368 e. The first-order valence-electron chi connectivity index (χ1n) is 9.23. The number of rotatable bonds is 5. The summed E-state index contributed by atoms with van der Waals surface area (Å²) in [6, 6.07) is 16.7. The Balaban J connectivity index is 1.63. The summed E-state index contributed by atoms with van der Waals surface area (Å²) in [6.45, 7) is 4.86. The topological polar surface area (TPSA) is 78.7 Å². The zero-order valence-corrected chi connectivity index (χ0v) is 15.6. The number of piperazine rings is 1. The molecule has 1 aliphatic rings.